The van der Waals surface area contributed by atoms with E-state index in [1.54, 1.807) is 4.90 Å². The third-order valence-electron chi connectivity index (χ3n) is 4.77. The van der Waals surface area contributed by atoms with Crippen LogP contribution in [0.3, 0.4) is 0 Å². The second-order valence-corrected chi connectivity index (χ2v) is 6.76. The summed E-state index contributed by atoms with van der Waals surface area (Å²) in [4.78, 5) is 26.4. The van der Waals surface area contributed by atoms with E-state index in [-0.39, 0.29) is 17.9 Å². The Balaban J connectivity index is 1.43. The summed E-state index contributed by atoms with van der Waals surface area (Å²) in [6.07, 6.45) is 1.39. The van der Waals surface area contributed by atoms with E-state index in [9.17, 15) is 9.59 Å². The fourth-order valence-electron chi connectivity index (χ4n) is 3.11. The molecule has 0 atom stereocenters. The Morgan fingerprint density at radius 3 is 2.31 bits per heavy atom. The summed E-state index contributed by atoms with van der Waals surface area (Å²) in [5.41, 5.74) is 3.10. The minimum Gasteiger partial charge on any atom is -0.352 e. The number of para-hydroxylation sites is 1. The van der Waals surface area contributed by atoms with Crippen LogP contribution in [0.4, 0.5) is 10.5 Å². The lowest BCUT2D eigenvalue weighted by Crippen LogP contribution is -2.44. The summed E-state index contributed by atoms with van der Waals surface area (Å²) in [6, 6.07) is 17.5. The molecule has 0 aliphatic carbocycles. The number of rotatable bonds is 4. The van der Waals surface area contributed by atoms with Crippen molar-refractivity contribution in [1.29, 1.82) is 0 Å². The molecule has 136 valence electrons. The van der Waals surface area contributed by atoms with Crippen molar-refractivity contribution in [3.05, 3.63) is 65.7 Å². The maximum Gasteiger partial charge on any atom is 0.321 e. The van der Waals surface area contributed by atoms with E-state index in [0.29, 0.717) is 32.5 Å². The quantitative estimate of drug-likeness (QED) is 0.885. The first-order valence-corrected chi connectivity index (χ1v) is 9.06. The standard InChI is InChI=1S/C21H25N3O2/c1-16-7-9-17(10-8-16)15-22-20(25)18-11-13-24(14-12-18)21(26)23-19-5-3-2-4-6-19/h2-10,18H,11-15H2,1H3,(H,22,25)(H,23,26). The van der Waals surface area contributed by atoms with E-state index >= 15 is 0 Å². The molecule has 1 aliphatic heterocycles. The third-order valence-corrected chi connectivity index (χ3v) is 4.77. The van der Waals surface area contributed by atoms with Crippen LogP contribution < -0.4 is 10.6 Å². The number of likely N-dealkylation sites (tertiary alicyclic amines) is 1. The van der Waals surface area contributed by atoms with Crippen molar-refractivity contribution in [3.63, 3.8) is 0 Å². The average molecular weight is 351 g/mol. The van der Waals surface area contributed by atoms with Gasteiger partial charge in [0.2, 0.25) is 5.91 Å². The van der Waals surface area contributed by atoms with Crippen LogP contribution in [0.2, 0.25) is 0 Å². The second kappa shape index (κ2) is 8.52. The van der Waals surface area contributed by atoms with Crippen molar-refractivity contribution in [2.75, 3.05) is 18.4 Å². The number of carbonyl (C=O) groups excluding carboxylic acids is 2. The van der Waals surface area contributed by atoms with Crippen LogP contribution in [0, 0.1) is 12.8 Å². The zero-order valence-electron chi connectivity index (χ0n) is 15.1. The van der Waals surface area contributed by atoms with Crippen LogP contribution >= 0.6 is 0 Å². The average Bonchev–Trinajstić information content (AvgIpc) is 2.68. The number of piperidine rings is 1. The Morgan fingerprint density at radius 2 is 1.65 bits per heavy atom. The minimum atomic E-state index is -0.102. The molecule has 1 aliphatic rings. The molecule has 1 fully saturated rings. The Labute approximate surface area is 154 Å². The fraction of sp³-hybridized carbons (Fsp3) is 0.333. The Hall–Kier alpha value is -2.82. The number of nitrogens with zero attached hydrogens (tertiary/aromatic N) is 1. The molecule has 5 nitrogen and oxygen atoms in total. The van der Waals surface area contributed by atoms with Crippen molar-refractivity contribution in [2.24, 2.45) is 5.92 Å². The van der Waals surface area contributed by atoms with Gasteiger partial charge in [0.15, 0.2) is 0 Å². The highest BCUT2D eigenvalue weighted by Gasteiger charge is 2.27. The minimum absolute atomic E-state index is 0.0266. The van der Waals surface area contributed by atoms with Gasteiger partial charge in [0.25, 0.3) is 0 Å². The van der Waals surface area contributed by atoms with Crippen LogP contribution in [0.25, 0.3) is 0 Å². The van der Waals surface area contributed by atoms with Crippen molar-refractivity contribution in [2.45, 2.75) is 26.3 Å². The summed E-state index contributed by atoms with van der Waals surface area (Å²) in [7, 11) is 0. The molecule has 3 amide bonds. The molecule has 26 heavy (non-hydrogen) atoms. The molecule has 0 unspecified atom stereocenters. The molecule has 2 aromatic rings. The Morgan fingerprint density at radius 1 is 1.00 bits per heavy atom. The number of hydrogen-bond acceptors (Lipinski definition) is 2. The van der Waals surface area contributed by atoms with E-state index in [0.717, 1.165) is 11.3 Å². The monoisotopic (exact) mass is 351 g/mol. The van der Waals surface area contributed by atoms with Gasteiger partial charge in [0.1, 0.15) is 0 Å². The molecule has 5 heteroatoms. The number of hydrogen-bond donors (Lipinski definition) is 2. The first-order valence-electron chi connectivity index (χ1n) is 9.06. The van der Waals surface area contributed by atoms with Crippen molar-refractivity contribution in [3.8, 4) is 0 Å². The number of amides is 3. The predicted octanol–water partition coefficient (Wildman–Crippen LogP) is 3.56. The molecule has 2 N–H and O–H groups in total. The van der Waals surface area contributed by atoms with Crippen molar-refractivity contribution >= 4 is 17.6 Å². The number of aryl methyl sites for hydroxylation is 1. The van der Waals surface area contributed by atoms with Crippen molar-refractivity contribution < 1.29 is 9.59 Å². The zero-order chi connectivity index (χ0) is 18.4. The normalized spacial score (nSPS) is 14.7. The van der Waals surface area contributed by atoms with E-state index < -0.39 is 0 Å². The van der Waals surface area contributed by atoms with Gasteiger partial charge >= 0.3 is 6.03 Å². The number of urea groups is 1. The maximum atomic E-state index is 12.4. The number of anilines is 1. The SMILES string of the molecule is Cc1ccc(CNC(=O)C2CCN(C(=O)Nc3ccccc3)CC2)cc1. The molecule has 0 aromatic heterocycles. The number of carbonyl (C=O) groups is 2. The lowest BCUT2D eigenvalue weighted by molar-refractivity contribution is -0.126. The highest BCUT2D eigenvalue weighted by atomic mass is 16.2. The van der Waals surface area contributed by atoms with Crippen LogP contribution in [0.5, 0.6) is 0 Å². The van der Waals surface area contributed by atoms with Gasteiger partial charge in [-0.15, -0.1) is 0 Å². The number of nitrogens with one attached hydrogen (secondary N) is 2. The lowest BCUT2D eigenvalue weighted by atomic mass is 9.96. The highest BCUT2D eigenvalue weighted by molar-refractivity contribution is 5.89. The molecule has 3 rings (SSSR count). The molecular weight excluding hydrogens is 326 g/mol. The van der Waals surface area contributed by atoms with Gasteiger partial charge in [-0.1, -0.05) is 48.0 Å². The van der Waals surface area contributed by atoms with Crippen LogP contribution in [0.1, 0.15) is 24.0 Å². The maximum absolute atomic E-state index is 12.4. The van der Waals surface area contributed by atoms with Crippen LogP contribution in [-0.2, 0) is 11.3 Å². The Bertz CT molecular complexity index is 736. The summed E-state index contributed by atoms with van der Waals surface area (Å²) in [5, 5.41) is 5.91. The smallest absolute Gasteiger partial charge is 0.321 e. The largest absolute Gasteiger partial charge is 0.352 e. The first kappa shape index (κ1) is 18.0. The molecule has 0 radical (unpaired) electrons. The third kappa shape index (κ3) is 4.85. The van der Waals surface area contributed by atoms with Gasteiger partial charge in [0, 0.05) is 31.2 Å². The first-order chi connectivity index (χ1) is 12.6. The predicted molar refractivity (Wildman–Crippen MR) is 103 cm³/mol. The van der Waals surface area contributed by atoms with Gasteiger partial charge in [-0.05, 0) is 37.5 Å². The molecule has 0 saturated carbocycles. The van der Waals surface area contributed by atoms with Crippen molar-refractivity contribution in [1.82, 2.24) is 10.2 Å². The summed E-state index contributed by atoms with van der Waals surface area (Å²) >= 11 is 0. The Kier molecular flexibility index (Phi) is 5.89. The van der Waals surface area contributed by atoms with Gasteiger partial charge in [-0.25, -0.2) is 4.79 Å². The molecule has 2 aromatic carbocycles. The number of benzene rings is 2. The van der Waals surface area contributed by atoms with E-state index in [1.807, 2.05) is 61.5 Å². The van der Waals surface area contributed by atoms with Crippen LogP contribution in [0.15, 0.2) is 54.6 Å². The van der Waals surface area contributed by atoms with Gasteiger partial charge in [-0.3, -0.25) is 4.79 Å². The van der Waals surface area contributed by atoms with E-state index in [4.69, 9.17) is 0 Å². The molecule has 1 heterocycles. The summed E-state index contributed by atoms with van der Waals surface area (Å²) in [6.45, 7) is 3.79. The molecule has 0 spiro atoms. The second-order valence-electron chi connectivity index (χ2n) is 6.76. The topological polar surface area (TPSA) is 61.4 Å². The summed E-state index contributed by atoms with van der Waals surface area (Å²) < 4.78 is 0. The zero-order valence-corrected chi connectivity index (χ0v) is 15.1. The van der Waals surface area contributed by atoms with Gasteiger partial charge in [0.05, 0.1) is 0 Å². The van der Waals surface area contributed by atoms with E-state index in [2.05, 4.69) is 10.6 Å². The summed E-state index contributed by atoms with van der Waals surface area (Å²) in [5.74, 6) is 0.0508. The van der Waals surface area contributed by atoms with E-state index in [1.165, 1.54) is 5.56 Å². The molecule has 0 bridgehead atoms. The van der Waals surface area contributed by atoms with Crippen LogP contribution in [-0.4, -0.2) is 29.9 Å². The van der Waals surface area contributed by atoms with Gasteiger partial charge < -0.3 is 15.5 Å². The van der Waals surface area contributed by atoms with Gasteiger partial charge in [-0.2, -0.15) is 0 Å². The lowest BCUT2D eigenvalue weighted by Gasteiger charge is -2.31. The fourth-order valence-corrected chi connectivity index (χ4v) is 3.11. The molecule has 1 saturated heterocycles. The highest BCUT2D eigenvalue weighted by Crippen LogP contribution is 2.19. The molecular formula is C21H25N3O2.